The normalized spacial score (nSPS) is 28.4. The van der Waals surface area contributed by atoms with Gasteiger partial charge in [-0.15, -0.1) is 0 Å². The molecule has 1 N–H and O–H groups in total. The van der Waals surface area contributed by atoms with Gasteiger partial charge in [-0.05, 0) is 43.5 Å². The van der Waals surface area contributed by atoms with E-state index >= 15 is 0 Å². The topological polar surface area (TPSA) is 45.6 Å². The molecule has 0 spiro atoms. The Hall–Kier alpha value is -1.36. The van der Waals surface area contributed by atoms with Crippen LogP contribution in [-0.2, 0) is 4.74 Å². The average Bonchev–Trinajstić information content (AvgIpc) is 3.03. The molecule has 2 aliphatic heterocycles. The molecule has 23 heavy (non-hydrogen) atoms. The van der Waals surface area contributed by atoms with E-state index < -0.39 is 0 Å². The van der Waals surface area contributed by atoms with Gasteiger partial charge in [0.2, 0.25) is 0 Å². The number of nitrogens with zero attached hydrogens (tertiary/aromatic N) is 2. The molecular formula is C18H21ClN2O2. The van der Waals surface area contributed by atoms with Crippen LogP contribution in [0.15, 0.2) is 30.5 Å². The van der Waals surface area contributed by atoms with Crippen LogP contribution in [0.4, 0.5) is 5.69 Å². The first-order valence-corrected chi connectivity index (χ1v) is 8.68. The van der Waals surface area contributed by atoms with E-state index in [2.05, 4.69) is 16.0 Å². The number of pyridine rings is 1. The fraction of sp³-hybridized carbons (Fsp3) is 0.500. The second-order valence-electron chi connectivity index (χ2n) is 6.49. The van der Waals surface area contributed by atoms with Crippen molar-refractivity contribution in [2.24, 2.45) is 5.92 Å². The maximum atomic E-state index is 10.4. The van der Waals surface area contributed by atoms with Crippen LogP contribution in [0, 0.1) is 5.92 Å². The highest BCUT2D eigenvalue weighted by molar-refractivity contribution is 6.31. The molecule has 4 rings (SSSR count). The van der Waals surface area contributed by atoms with Gasteiger partial charge in [-0.1, -0.05) is 11.6 Å². The van der Waals surface area contributed by atoms with Crippen LogP contribution in [0.25, 0.3) is 10.9 Å². The standard InChI is InChI=1S/C18H21ClN2O2/c19-12-3-4-13-15(10-12)20-7-5-17(13)21-8-1-2-16(21)14-11-23-9-6-18(14)22/h3-5,7,10,14,16,18,22H,1-2,6,8-9,11H2/t14-,16-,18+/m0/s1. The van der Waals surface area contributed by atoms with Crippen molar-refractivity contribution in [1.82, 2.24) is 4.98 Å². The Morgan fingerprint density at radius 1 is 1.26 bits per heavy atom. The predicted octanol–water partition coefficient (Wildman–Crippen LogP) is 3.25. The van der Waals surface area contributed by atoms with E-state index in [-0.39, 0.29) is 12.0 Å². The van der Waals surface area contributed by atoms with Gasteiger partial charge in [-0.2, -0.15) is 0 Å². The van der Waals surface area contributed by atoms with Gasteiger partial charge in [-0.25, -0.2) is 0 Å². The van der Waals surface area contributed by atoms with Crippen LogP contribution < -0.4 is 4.90 Å². The van der Waals surface area contributed by atoms with Crippen molar-refractivity contribution < 1.29 is 9.84 Å². The molecule has 0 saturated carbocycles. The summed E-state index contributed by atoms with van der Waals surface area (Å²) in [7, 11) is 0. The lowest BCUT2D eigenvalue weighted by molar-refractivity contribution is -0.0437. The van der Waals surface area contributed by atoms with Gasteiger partial charge in [0.05, 0.1) is 18.2 Å². The molecule has 0 bridgehead atoms. The van der Waals surface area contributed by atoms with Crippen LogP contribution >= 0.6 is 11.6 Å². The predicted molar refractivity (Wildman–Crippen MR) is 92.1 cm³/mol. The zero-order valence-electron chi connectivity index (χ0n) is 13.0. The van der Waals surface area contributed by atoms with Crippen molar-refractivity contribution in [3.8, 4) is 0 Å². The first-order chi connectivity index (χ1) is 11.2. The molecule has 2 fully saturated rings. The van der Waals surface area contributed by atoms with Crippen molar-refractivity contribution >= 4 is 28.2 Å². The Bertz CT molecular complexity index is 708. The Morgan fingerprint density at radius 3 is 3.04 bits per heavy atom. The monoisotopic (exact) mass is 332 g/mol. The highest BCUT2D eigenvalue weighted by Gasteiger charge is 2.38. The van der Waals surface area contributed by atoms with Crippen LogP contribution in [-0.4, -0.2) is 42.0 Å². The van der Waals surface area contributed by atoms with Gasteiger partial charge in [0.25, 0.3) is 0 Å². The third kappa shape index (κ3) is 2.80. The van der Waals surface area contributed by atoms with Gasteiger partial charge in [0.15, 0.2) is 0 Å². The molecule has 2 aliphatic rings. The quantitative estimate of drug-likeness (QED) is 0.917. The number of hydrogen-bond donors (Lipinski definition) is 1. The Morgan fingerprint density at radius 2 is 2.17 bits per heavy atom. The molecule has 122 valence electrons. The zero-order valence-corrected chi connectivity index (χ0v) is 13.7. The number of rotatable bonds is 2. The van der Waals surface area contributed by atoms with Crippen molar-refractivity contribution in [2.45, 2.75) is 31.4 Å². The van der Waals surface area contributed by atoms with Gasteiger partial charge < -0.3 is 14.7 Å². The molecule has 1 aromatic carbocycles. The largest absolute Gasteiger partial charge is 0.393 e. The number of aromatic nitrogens is 1. The number of benzene rings is 1. The summed E-state index contributed by atoms with van der Waals surface area (Å²) >= 11 is 6.10. The number of ether oxygens (including phenoxy) is 1. The van der Waals surface area contributed by atoms with Crippen LogP contribution in [0.2, 0.25) is 5.02 Å². The number of anilines is 1. The third-order valence-corrected chi connectivity index (χ3v) is 5.38. The average molecular weight is 333 g/mol. The Balaban J connectivity index is 1.71. The smallest absolute Gasteiger partial charge is 0.0737 e. The van der Waals surface area contributed by atoms with Crippen molar-refractivity contribution in [2.75, 3.05) is 24.7 Å². The number of aliphatic hydroxyl groups is 1. The van der Waals surface area contributed by atoms with E-state index in [9.17, 15) is 5.11 Å². The van der Waals surface area contributed by atoms with Crippen LogP contribution in [0.3, 0.4) is 0 Å². The number of halogens is 1. The maximum absolute atomic E-state index is 10.4. The Kier molecular flexibility index (Phi) is 4.14. The fourth-order valence-corrected chi connectivity index (χ4v) is 4.18. The molecule has 0 amide bonds. The summed E-state index contributed by atoms with van der Waals surface area (Å²) in [5.74, 6) is 0.182. The van der Waals surface area contributed by atoms with E-state index in [0.29, 0.717) is 24.3 Å². The minimum atomic E-state index is -0.267. The van der Waals surface area contributed by atoms with Gasteiger partial charge in [-0.3, -0.25) is 4.98 Å². The molecule has 3 heterocycles. The molecule has 0 radical (unpaired) electrons. The van der Waals surface area contributed by atoms with E-state index in [1.54, 1.807) is 0 Å². The fourth-order valence-electron chi connectivity index (χ4n) is 4.01. The number of hydrogen-bond acceptors (Lipinski definition) is 4. The molecule has 1 aromatic heterocycles. The second kappa shape index (κ2) is 6.27. The summed E-state index contributed by atoms with van der Waals surface area (Å²) < 4.78 is 5.64. The number of aliphatic hydroxyl groups excluding tert-OH is 1. The van der Waals surface area contributed by atoms with Gasteiger partial charge in [0, 0.05) is 47.4 Å². The first kappa shape index (κ1) is 15.2. The highest BCUT2D eigenvalue weighted by Crippen LogP contribution is 2.37. The minimum Gasteiger partial charge on any atom is -0.393 e. The summed E-state index contributed by atoms with van der Waals surface area (Å²) in [5, 5.41) is 12.2. The summed E-state index contributed by atoms with van der Waals surface area (Å²) in [6.45, 7) is 2.33. The molecule has 2 saturated heterocycles. The Labute approximate surface area is 141 Å². The first-order valence-electron chi connectivity index (χ1n) is 8.31. The highest BCUT2D eigenvalue weighted by atomic mass is 35.5. The summed E-state index contributed by atoms with van der Waals surface area (Å²) in [6.07, 6.45) is 4.56. The SMILES string of the molecule is O[C@@H]1CCOC[C@H]1[C@@H]1CCCN1c1ccnc2cc(Cl)ccc12. The summed E-state index contributed by atoms with van der Waals surface area (Å²) in [6, 6.07) is 8.27. The summed E-state index contributed by atoms with van der Waals surface area (Å²) in [5.41, 5.74) is 2.10. The van der Waals surface area contributed by atoms with E-state index in [0.717, 1.165) is 36.7 Å². The molecule has 2 aromatic rings. The van der Waals surface area contributed by atoms with E-state index in [1.165, 1.54) is 5.69 Å². The van der Waals surface area contributed by atoms with Gasteiger partial charge in [0.1, 0.15) is 0 Å². The van der Waals surface area contributed by atoms with Crippen LogP contribution in [0.1, 0.15) is 19.3 Å². The van der Waals surface area contributed by atoms with Gasteiger partial charge >= 0.3 is 0 Å². The zero-order chi connectivity index (χ0) is 15.8. The van der Waals surface area contributed by atoms with Crippen LogP contribution in [0.5, 0.6) is 0 Å². The van der Waals surface area contributed by atoms with E-state index in [4.69, 9.17) is 16.3 Å². The van der Waals surface area contributed by atoms with Crippen molar-refractivity contribution in [3.63, 3.8) is 0 Å². The molecule has 5 heteroatoms. The lowest BCUT2D eigenvalue weighted by Crippen LogP contribution is -2.46. The van der Waals surface area contributed by atoms with Crippen molar-refractivity contribution in [1.29, 1.82) is 0 Å². The van der Waals surface area contributed by atoms with Crippen molar-refractivity contribution in [3.05, 3.63) is 35.5 Å². The number of fused-ring (bicyclic) bond motifs is 1. The van der Waals surface area contributed by atoms with E-state index in [1.807, 2.05) is 24.4 Å². The lowest BCUT2D eigenvalue weighted by atomic mass is 9.89. The maximum Gasteiger partial charge on any atom is 0.0737 e. The lowest BCUT2D eigenvalue weighted by Gasteiger charge is -2.38. The molecule has 0 unspecified atom stereocenters. The second-order valence-corrected chi connectivity index (χ2v) is 6.93. The molecular weight excluding hydrogens is 312 g/mol. The minimum absolute atomic E-state index is 0.182. The summed E-state index contributed by atoms with van der Waals surface area (Å²) in [4.78, 5) is 6.87. The molecule has 0 aliphatic carbocycles. The molecule has 3 atom stereocenters. The molecule has 4 nitrogen and oxygen atoms in total. The third-order valence-electron chi connectivity index (χ3n) is 5.15.